The summed E-state index contributed by atoms with van der Waals surface area (Å²) in [7, 11) is 0. The Morgan fingerprint density at radius 2 is 1.73 bits per heavy atom. The molecule has 5 N–H and O–H groups in total. The van der Waals surface area contributed by atoms with Crippen LogP contribution in [0.2, 0.25) is 10.0 Å². The number of benzene rings is 1. The normalized spacial score (nSPS) is 13.3. The van der Waals surface area contributed by atoms with Crippen LogP contribution in [0.25, 0.3) is 0 Å². The maximum Gasteiger partial charge on any atom is 0.437 e. The molecule has 0 bridgehead atoms. The number of aliphatic imine (C=N–C) groups is 1. The number of halogens is 2. The summed E-state index contributed by atoms with van der Waals surface area (Å²) in [4.78, 5) is 50.3. The minimum absolute atomic E-state index is 0.214. The topological polar surface area (TPSA) is 160 Å². The Bertz CT molecular complexity index is 839. The van der Waals surface area contributed by atoms with Crippen LogP contribution in [0.4, 0.5) is 4.79 Å². The predicted octanol–water partition coefficient (Wildman–Crippen LogP) is 1.72. The quantitative estimate of drug-likeness (QED) is 0.355. The van der Waals surface area contributed by atoms with E-state index in [4.69, 9.17) is 38.8 Å². The predicted molar refractivity (Wildman–Crippen MR) is 110 cm³/mol. The number of carbonyl (C=O) groups is 4. The fourth-order valence-corrected chi connectivity index (χ4v) is 2.72. The molecule has 1 rings (SSSR count). The second-order valence-corrected chi connectivity index (χ2v) is 7.33. The fraction of sp³-hybridized carbons (Fsp3) is 0.389. The summed E-state index contributed by atoms with van der Waals surface area (Å²) in [5.74, 6) is -3.63. The fourth-order valence-electron chi connectivity index (χ4n) is 2.19. The smallest absolute Gasteiger partial charge is 0.437 e. The lowest BCUT2D eigenvalue weighted by Gasteiger charge is -2.20. The van der Waals surface area contributed by atoms with Gasteiger partial charge in [0.05, 0.1) is 6.42 Å². The number of carbonyl (C=O) groups excluding carboxylic acids is 3. The van der Waals surface area contributed by atoms with Crippen molar-refractivity contribution >= 4 is 53.0 Å². The van der Waals surface area contributed by atoms with Crippen LogP contribution in [0.15, 0.2) is 23.2 Å². The maximum atomic E-state index is 12.0. The van der Waals surface area contributed by atoms with Crippen molar-refractivity contribution in [3.8, 4) is 0 Å². The third-order valence-electron chi connectivity index (χ3n) is 3.76. The minimum Gasteiger partial charge on any atom is -0.480 e. The van der Waals surface area contributed by atoms with E-state index >= 15 is 0 Å². The monoisotopic (exact) mass is 460 g/mol. The number of hydrogen-bond acceptors (Lipinski definition) is 5. The number of carboxylic acid groups (broad SMARTS) is 1. The maximum absolute atomic E-state index is 12.0. The molecule has 1 aromatic rings. The summed E-state index contributed by atoms with van der Waals surface area (Å²) < 4.78 is 4.78. The second kappa shape index (κ2) is 11.4. The molecule has 0 saturated carbocycles. The summed E-state index contributed by atoms with van der Waals surface area (Å²) in [6, 6.07) is 3.59. The Hall–Kier alpha value is -2.85. The van der Waals surface area contributed by atoms with Crippen LogP contribution in [-0.2, 0) is 25.5 Å². The highest BCUT2D eigenvalue weighted by molar-refractivity contribution is 6.36. The van der Waals surface area contributed by atoms with Crippen LogP contribution < -0.4 is 16.4 Å². The Labute approximate surface area is 182 Å². The van der Waals surface area contributed by atoms with Crippen molar-refractivity contribution < 1.29 is 29.0 Å². The van der Waals surface area contributed by atoms with Crippen LogP contribution in [0.5, 0.6) is 0 Å². The van der Waals surface area contributed by atoms with E-state index in [1.807, 2.05) is 0 Å². The molecule has 2 atom stereocenters. The molecule has 0 saturated heterocycles. The van der Waals surface area contributed by atoms with Crippen molar-refractivity contribution in [1.29, 1.82) is 0 Å². The summed E-state index contributed by atoms with van der Waals surface area (Å²) in [5, 5.41) is 14.1. The highest BCUT2D eigenvalue weighted by Gasteiger charge is 2.27. The molecule has 0 fully saturated rings. The van der Waals surface area contributed by atoms with E-state index in [0.717, 1.165) is 0 Å². The Balaban J connectivity index is 2.64. The van der Waals surface area contributed by atoms with E-state index in [0.29, 0.717) is 5.56 Å². The van der Waals surface area contributed by atoms with Gasteiger partial charge < -0.3 is 20.9 Å². The van der Waals surface area contributed by atoms with Gasteiger partial charge in [-0.15, -0.1) is 4.99 Å². The highest BCUT2D eigenvalue weighted by Crippen LogP contribution is 2.24. The molecule has 3 amide bonds. The lowest BCUT2D eigenvalue weighted by Crippen LogP contribution is -2.48. The molecule has 0 aliphatic carbocycles. The van der Waals surface area contributed by atoms with E-state index in [1.165, 1.54) is 6.92 Å². The van der Waals surface area contributed by atoms with Crippen molar-refractivity contribution in [1.82, 2.24) is 10.6 Å². The van der Waals surface area contributed by atoms with E-state index in [2.05, 4.69) is 15.6 Å². The molecule has 0 spiro atoms. The molecule has 0 radical (unpaired) electrons. The number of amides is 3. The van der Waals surface area contributed by atoms with Gasteiger partial charge in [0.15, 0.2) is 6.10 Å². The van der Waals surface area contributed by atoms with Gasteiger partial charge in [-0.3, -0.25) is 14.9 Å². The Kier molecular flexibility index (Phi) is 9.54. The standard InChI is InChI=1S/C18H22Cl2N4O6/c1-8(2)14(16(27)28)23-15(26)9(3)30-18(29)24-17(21)22-13(25)7-10-11(19)5-4-6-12(10)20/h4-6,8-9,14H,7H2,1-3H3,(H,23,26)(H,27,28)(H3,21,22,24,25,29). The molecule has 164 valence electrons. The highest BCUT2D eigenvalue weighted by atomic mass is 35.5. The van der Waals surface area contributed by atoms with E-state index in [9.17, 15) is 19.2 Å². The van der Waals surface area contributed by atoms with Crippen LogP contribution in [0, 0.1) is 5.92 Å². The lowest BCUT2D eigenvalue weighted by atomic mass is 10.0. The number of nitrogens with two attached hydrogens (primary N) is 1. The number of guanidine groups is 1. The van der Waals surface area contributed by atoms with Gasteiger partial charge in [0.2, 0.25) is 11.9 Å². The molecule has 2 unspecified atom stereocenters. The third-order valence-corrected chi connectivity index (χ3v) is 4.46. The molecule has 12 heteroatoms. The number of nitrogens with zero attached hydrogens (tertiary/aromatic N) is 1. The molecular formula is C18H22Cl2N4O6. The second-order valence-electron chi connectivity index (χ2n) is 6.52. The Morgan fingerprint density at radius 1 is 1.17 bits per heavy atom. The van der Waals surface area contributed by atoms with Gasteiger partial charge in [0.25, 0.3) is 5.91 Å². The first-order valence-corrected chi connectivity index (χ1v) is 9.48. The van der Waals surface area contributed by atoms with Gasteiger partial charge in [0, 0.05) is 10.0 Å². The number of hydrogen-bond donors (Lipinski definition) is 4. The van der Waals surface area contributed by atoms with Gasteiger partial charge in [-0.05, 0) is 30.5 Å². The first-order chi connectivity index (χ1) is 13.9. The van der Waals surface area contributed by atoms with Crippen molar-refractivity contribution in [2.75, 3.05) is 0 Å². The van der Waals surface area contributed by atoms with E-state index in [1.54, 1.807) is 32.0 Å². The molecule has 10 nitrogen and oxygen atoms in total. The van der Waals surface area contributed by atoms with Gasteiger partial charge in [-0.1, -0.05) is 43.1 Å². The molecule has 1 aromatic carbocycles. The van der Waals surface area contributed by atoms with Gasteiger partial charge >= 0.3 is 12.1 Å². The first kappa shape index (κ1) is 25.2. The van der Waals surface area contributed by atoms with Crippen LogP contribution >= 0.6 is 23.2 Å². The van der Waals surface area contributed by atoms with Gasteiger partial charge in [-0.2, -0.15) is 0 Å². The lowest BCUT2D eigenvalue weighted by molar-refractivity contribution is -0.144. The first-order valence-electron chi connectivity index (χ1n) is 8.73. The molecule has 0 aromatic heterocycles. The van der Waals surface area contributed by atoms with E-state index < -0.39 is 42.0 Å². The number of nitrogens with one attached hydrogen (secondary N) is 2. The van der Waals surface area contributed by atoms with Crippen molar-refractivity contribution in [3.63, 3.8) is 0 Å². The summed E-state index contributed by atoms with van der Waals surface area (Å²) >= 11 is 12.0. The average molecular weight is 461 g/mol. The summed E-state index contributed by atoms with van der Waals surface area (Å²) in [6.45, 7) is 4.45. The molecule has 0 heterocycles. The number of ether oxygens (including phenoxy) is 1. The van der Waals surface area contributed by atoms with Crippen molar-refractivity contribution in [2.24, 2.45) is 16.6 Å². The SMILES string of the molecule is CC(OC(=O)N=C(N)NC(=O)Cc1c(Cl)cccc1Cl)C(=O)NC(C(=O)O)C(C)C. The Morgan fingerprint density at radius 3 is 2.23 bits per heavy atom. The molecule has 30 heavy (non-hydrogen) atoms. The van der Waals surface area contributed by atoms with Crippen LogP contribution in [0.1, 0.15) is 26.3 Å². The largest absolute Gasteiger partial charge is 0.480 e. The molecule has 0 aliphatic rings. The van der Waals surface area contributed by atoms with Gasteiger partial charge in [0.1, 0.15) is 6.04 Å². The van der Waals surface area contributed by atoms with Crippen LogP contribution in [-0.4, -0.2) is 47.1 Å². The van der Waals surface area contributed by atoms with E-state index in [-0.39, 0.29) is 22.4 Å². The zero-order valence-electron chi connectivity index (χ0n) is 16.4. The molecular weight excluding hydrogens is 439 g/mol. The number of rotatable bonds is 7. The average Bonchev–Trinajstić information content (AvgIpc) is 2.61. The summed E-state index contributed by atoms with van der Waals surface area (Å²) in [6.07, 6.45) is -2.80. The summed E-state index contributed by atoms with van der Waals surface area (Å²) in [5.41, 5.74) is 5.86. The number of carboxylic acids is 1. The van der Waals surface area contributed by atoms with Crippen LogP contribution in [0.3, 0.4) is 0 Å². The van der Waals surface area contributed by atoms with Crippen molar-refractivity contribution in [3.05, 3.63) is 33.8 Å². The zero-order chi connectivity index (χ0) is 23.0. The number of aliphatic carboxylic acids is 1. The van der Waals surface area contributed by atoms with Crippen molar-refractivity contribution in [2.45, 2.75) is 39.3 Å². The third kappa shape index (κ3) is 7.88. The van der Waals surface area contributed by atoms with Gasteiger partial charge in [-0.25, -0.2) is 9.59 Å². The molecule has 0 aliphatic heterocycles. The minimum atomic E-state index is -1.34. The zero-order valence-corrected chi connectivity index (χ0v) is 18.0.